The topological polar surface area (TPSA) is 13.1 Å². The van der Waals surface area contributed by atoms with Crippen molar-refractivity contribution in [1.29, 1.82) is 0 Å². The number of anilines is 3. The lowest BCUT2D eigenvalue weighted by Gasteiger charge is -2.40. The molecule has 3 heteroatoms. The molecule has 0 N–H and O–H groups in total. The van der Waals surface area contributed by atoms with Gasteiger partial charge in [0.25, 0.3) is 0 Å². The summed E-state index contributed by atoms with van der Waals surface area (Å²) in [5.74, 6) is 0. The Morgan fingerprint density at radius 3 is 1.41 bits per heavy atom. The van der Waals surface area contributed by atoms with Gasteiger partial charge in [0.05, 0.1) is 38.9 Å². The minimum Gasteiger partial charge on any atom is -0.310 e. The van der Waals surface area contributed by atoms with Crippen LogP contribution in [0.4, 0.5) is 17.1 Å². The average Bonchev–Trinajstić information content (AvgIpc) is 4.30. The maximum Gasteiger partial charge on any atom is 0.0755 e. The first-order valence-electron chi connectivity index (χ1n) is 26.3. The van der Waals surface area contributed by atoms with Crippen LogP contribution in [0.1, 0.15) is 22.3 Å². The molecule has 0 unspecified atom stereocenters. The van der Waals surface area contributed by atoms with E-state index < -0.39 is 5.41 Å². The van der Waals surface area contributed by atoms with Crippen LogP contribution in [0.15, 0.2) is 285 Å². The fraction of sp³-hybridized carbons (Fsp3) is 0.0137. The molecule has 0 bridgehead atoms. The van der Waals surface area contributed by atoms with E-state index in [-0.39, 0.29) is 0 Å². The zero-order chi connectivity index (χ0) is 49.9. The molecular weight excluding hydrogens is 919 g/mol. The Hall–Kier alpha value is -9.96. The zero-order valence-corrected chi connectivity index (χ0v) is 41.5. The van der Waals surface area contributed by atoms with Gasteiger partial charge in [-0.15, -0.1) is 0 Å². The number of hydrogen-bond donors (Lipinski definition) is 0. The van der Waals surface area contributed by atoms with Crippen molar-refractivity contribution in [3.8, 4) is 55.9 Å². The molecule has 16 rings (SSSR count). The summed E-state index contributed by atoms with van der Waals surface area (Å²) in [5, 5.41) is 5.07. The molecular formula is C73H47N3. The molecule has 1 spiro atoms. The monoisotopic (exact) mass is 965 g/mol. The number of para-hydroxylation sites is 5. The molecule has 0 saturated carbocycles. The maximum absolute atomic E-state index is 2.55. The van der Waals surface area contributed by atoms with Crippen molar-refractivity contribution in [2.75, 3.05) is 4.90 Å². The molecule has 2 aromatic heterocycles. The van der Waals surface area contributed by atoms with Crippen LogP contribution in [-0.2, 0) is 5.41 Å². The Balaban J connectivity index is 0.913. The highest BCUT2D eigenvalue weighted by molar-refractivity contribution is 6.13. The van der Waals surface area contributed by atoms with Crippen LogP contribution >= 0.6 is 0 Å². The Bertz CT molecular complexity index is 4530. The van der Waals surface area contributed by atoms with Crippen LogP contribution in [0.3, 0.4) is 0 Å². The summed E-state index contributed by atoms with van der Waals surface area (Å²) in [6, 6.07) is 106. The van der Waals surface area contributed by atoms with Crippen molar-refractivity contribution in [3.63, 3.8) is 0 Å². The maximum atomic E-state index is 2.55. The Morgan fingerprint density at radius 1 is 0.276 bits per heavy atom. The molecule has 12 aromatic carbocycles. The van der Waals surface area contributed by atoms with Gasteiger partial charge in [0.1, 0.15) is 0 Å². The average molecular weight is 966 g/mol. The first-order valence-corrected chi connectivity index (χ1v) is 26.3. The molecule has 354 valence electrons. The zero-order valence-electron chi connectivity index (χ0n) is 41.5. The number of nitrogens with zero attached hydrogens (tertiary/aromatic N) is 3. The number of hydrogen-bond acceptors (Lipinski definition) is 1. The molecule has 2 aliphatic rings. The van der Waals surface area contributed by atoms with E-state index in [4.69, 9.17) is 0 Å². The lowest BCUT2D eigenvalue weighted by atomic mass is 9.65. The van der Waals surface area contributed by atoms with E-state index in [1.807, 2.05) is 0 Å². The minimum atomic E-state index is -0.594. The highest BCUT2D eigenvalue weighted by Gasteiger charge is 2.51. The van der Waals surface area contributed by atoms with Crippen molar-refractivity contribution < 1.29 is 0 Å². The molecule has 3 nitrogen and oxygen atoms in total. The minimum absolute atomic E-state index is 0.594. The lowest BCUT2D eigenvalue weighted by molar-refractivity contribution is 0.748. The highest BCUT2D eigenvalue weighted by atomic mass is 15.1. The van der Waals surface area contributed by atoms with E-state index in [0.717, 1.165) is 39.4 Å². The molecule has 0 radical (unpaired) electrons. The van der Waals surface area contributed by atoms with Crippen molar-refractivity contribution in [2.45, 2.75) is 5.41 Å². The third-order valence-corrected chi connectivity index (χ3v) is 16.5. The van der Waals surface area contributed by atoms with E-state index in [0.29, 0.717) is 0 Å². The van der Waals surface area contributed by atoms with Crippen LogP contribution < -0.4 is 4.90 Å². The van der Waals surface area contributed by atoms with Crippen LogP contribution in [0.2, 0.25) is 0 Å². The van der Waals surface area contributed by atoms with E-state index >= 15 is 0 Å². The predicted molar refractivity (Wildman–Crippen MR) is 317 cm³/mol. The largest absolute Gasteiger partial charge is 0.310 e. The van der Waals surface area contributed by atoms with Gasteiger partial charge in [-0.05, 0) is 128 Å². The summed E-state index contributed by atoms with van der Waals surface area (Å²) in [6.45, 7) is 0. The van der Waals surface area contributed by atoms with E-state index in [2.05, 4.69) is 299 Å². The number of benzene rings is 12. The highest BCUT2D eigenvalue weighted by Crippen LogP contribution is 2.62. The van der Waals surface area contributed by atoms with Crippen molar-refractivity contribution in [2.24, 2.45) is 0 Å². The van der Waals surface area contributed by atoms with Gasteiger partial charge >= 0.3 is 0 Å². The second kappa shape index (κ2) is 16.5. The molecule has 0 amide bonds. The molecule has 0 fully saturated rings. The molecule has 14 aromatic rings. The van der Waals surface area contributed by atoms with Gasteiger partial charge in [-0.2, -0.15) is 0 Å². The Kier molecular flexibility index (Phi) is 9.25. The standard InChI is InChI=1S/C73H47N3/c1-2-19-50(20-3-1)54-21-4-5-22-55(54)58-25-8-14-33-67(58)74(51-41-37-48(38-42-51)49-39-43-52(44-40-49)75-68-34-15-9-26-59(68)60-27-10-16-35-69(60)75)53-45-46-71-66(47-53)73(63-30-12-6-23-56(63)57-24-7-13-31-64(57)73)65-32-18-29-62-61-28-11-17-36-70(61)76(71)72(62)65/h1-47H. The van der Waals surface area contributed by atoms with Crippen molar-refractivity contribution in [3.05, 3.63) is 307 Å². The molecule has 76 heavy (non-hydrogen) atoms. The smallest absolute Gasteiger partial charge is 0.0755 e. The van der Waals surface area contributed by atoms with Gasteiger partial charge in [0, 0.05) is 44.2 Å². The summed E-state index contributed by atoms with van der Waals surface area (Å²) < 4.78 is 4.93. The van der Waals surface area contributed by atoms with Gasteiger partial charge in [-0.1, -0.05) is 218 Å². The Morgan fingerprint density at radius 2 is 0.750 bits per heavy atom. The number of aromatic nitrogens is 2. The first kappa shape index (κ1) is 42.5. The SMILES string of the molecule is c1ccc(-c2ccccc2-c2ccccc2N(c2ccc(-c3ccc(-n4c5ccccc5c5ccccc54)cc3)cc2)c2ccc3c(c2)C2(c4ccccc4-c4ccccc42)c2cccc4c5ccccc5n-3c24)cc1. The predicted octanol–water partition coefficient (Wildman–Crippen LogP) is 19.0. The molecule has 0 atom stereocenters. The summed E-state index contributed by atoms with van der Waals surface area (Å²) in [6.07, 6.45) is 0. The normalized spacial score (nSPS) is 12.8. The van der Waals surface area contributed by atoms with E-state index in [1.165, 1.54) is 99.4 Å². The van der Waals surface area contributed by atoms with Crippen LogP contribution in [0.25, 0.3) is 99.5 Å². The molecule has 1 aliphatic heterocycles. The first-order chi connectivity index (χ1) is 37.7. The lowest BCUT2D eigenvalue weighted by Crippen LogP contribution is -2.33. The van der Waals surface area contributed by atoms with Gasteiger partial charge in [-0.25, -0.2) is 0 Å². The van der Waals surface area contributed by atoms with Gasteiger partial charge in [0.15, 0.2) is 0 Å². The second-order valence-corrected chi connectivity index (χ2v) is 20.3. The number of rotatable bonds is 7. The fourth-order valence-electron chi connectivity index (χ4n) is 13.4. The van der Waals surface area contributed by atoms with Gasteiger partial charge < -0.3 is 14.0 Å². The van der Waals surface area contributed by atoms with Gasteiger partial charge in [-0.3, -0.25) is 0 Å². The second-order valence-electron chi connectivity index (χ2n) is 20.3. The number of fused-ring (bicyclic) bond motifs is 15. The molecule has 0 saturated heterocycles. The van der Waals surface area contributed by atoms with Crippen LogP contribution in [0.5, 0.6) is 0 Å². The third kappa shape index (κ3) is 5.99. The van der Waals surface area contributed by atoms with Crippen LogP contribution in [0, 0.1) is 0 Å². The van der Waals surface area contributed by atoms with E-state index in [9.17, 15) is 0 Å². The molecule has 1 aliphatic carbocycles. The van der Waals surface area contributed by atoms with Crippen LogP contribution in [-0.4, -0.2) is 9.13 Å². The van der Waals surface area contributed by atoms with Crippen molar-refractivity contribution >= 4 is 60.7 Å². The summed E-state index contributed by atoms with van der Waals surface area (Å²) in [4.78, 5) is 2.50. The van der Waals surface area contributed by atoms with Gasteiger partial charge in [0.2, 0.25) is 0 Å². The summed E-state index contributed by atoms with van der Waals surface area (Å²) in [5.41, 5.74) is 24.7. The van der Waals surface area contributed by atoms with Crippen molar-refractivity contribution in [1.82, 2.24) is 9.13 Å². The summed E-state index contributed by atoms with van der Waals surface area (Å²) in [7, 11) is 0. The third-order valence-electron chi connectivity index (χ3n) is 16.5. The fourth-order valence-corrected chi connectivity index (χ4v) is 13.4. The van der Waals surface area contributed by atoms with E-state index in [1.54, 1.807) is 0 Å². The molecule has 3 heterocycles. The Labute approximate surface area is 441 Å². The quantitative estimate of drug-likeness (QED) is 0.155. The summed E-state index contributed by atoms with van der Waals surface area (Å²) >= 11 is 0.